The van der Waals surface area contributed by atoms with Crippen molar-refractivity contribution in [1.82, 2.24) is 20.1 Å². The summed E-state index contributed by atoms with van der Waals surface area (Å²) in [6.07, 6.45) is 8.23. The molecular weight excluding hydrogens is 386 g/mol. The van der Waals surface area contributed by atoms with Crippen molar-refractivity contribution in [2.45, 2.75) is 38.5 Å². The Bertz CT molecular complexity index is 905. The van der Waals surface area contributed by atoms with E-state index in [0.29, 0.717) is 35.3 Å². The number of aromatic nitrogens is 1. The molecule has 3 fully saturated rings. The van der Waals surface area contributed by atoms with Gasteiger partial charge in [-0.3, -0.25) is 14.7 Å². The van der Waals surface area contributed by atoms with Crippen molar-refractivity contribution in [2.24, 2.45) is 17.3 Å². The van der Waals surface area contributed by atoms with Gasteiger partial charge in [-0.15, -0.1) is 0 Å². The standard InChI is InChI=1S/C25H33N5O/c1-18-11-20(21-5-4-19(12-26)24-22(21)3-2-8-28-24)14-30(13-18)23(31)15-29-9-6-25(7-10-29)16-27-17-25/h2-4,8,18,20-21,27H,5-7,9-11,13-17H2,1H3/t18-,20+,21?/m1/s1. The van der Waals surface area contributed by atoms with Crippen LogP contribution in [0.15, 0.2) is 24.4 Å². The summed E-state index contributed by atoms with van der Waals surface area (Å²) in [6, 6.07) is 6.40. The maximum Gasteiger partial charge on any atom is 0.236 e. The lowest BCUT2D eigenvalue weighted by atomic mass is 9.73. The summed E-state index contributed by atoms with van der Waals surface area (Å²) in [4.78, 5) is 22.2. The Balaban J connectivity index is 1.25. The van der Waals surface area contributed by atoms with Crippen LogP contribution in [0.4, 0.5) is 0 Å². The highest BCUT2D eigenvalue weighted by Gasteiger charge is 2.41. The summed E-state index contributed by atoms with van der Waals surface area (Å²) in [7, 11) is 0. The van der Waals surface area contributed by atoms with E-state index in [9.17, 15) is 10.1 Å². The zero-order valence-electron chi connectivity index (χ0n) is 18.5. The van der Waals surface area contributed by atoms with E-state index >= 15 is 0 Å². The van der Waals surface area contributed by atoms with Gasteiger partial charge >= 0.3 is 0 Å². The van der Waals surface area contributed by atoms with E-state index in [1.165, 1.54) is 18.4 Å². The molecule has 31 heavy (non-hydrogen) atoms. The molecule has 1 aromatic heterocycles. The fraction of sp³-hybridized carbons (Fsp3) is 0.640. The van der Waals surface area contributed by atoms with E-state index in [0.717, 1.165) is 57.8 Å². The molecule has 1 amide bonds. The van der Waals surface area contributed by atoms with Gasteiger partial charge in [0.2, 0.25) is 5.91 Å². The van der Waals surface area contributed by atoms with Crippen molar-refractivity contribution in [2.75, 3.05) is 45.8 Å². The number of piperidine rings is 2. The van der Waals surface area contributed by atoms with Crippen LogP contribution in [-0.4, -0.2) is 66.5 Å². The van der Waals surface area contributed by atoms with Gasteiger partial charge in [-0.25, -0.2) is 0 Å². The second-order valence-corrected chi connectivity index (χ2v) is 10.3. The third kappa shape index (κ3) is 4.02. The van der Waals surface area contributed by atoms with E-state index in [-0.39, 0.29) is 5.91 Å². The van der Waals surface area contributed by atoms with Crippen LogP contribution in [-0.2, 0) is 4.79 Å². The highest BCUT2D eigenvalue weighted by atomic mass is 16.2. The van der Waals surface area contributed by atoms with Crippen LogP contribution in [0.25, 0.3) is 5.57 Å². The normalized spacial score (nSPS) is 30.1. The largest absolute Gasteiger partial charge is 0.341 e. The van der Waals surface area contributed by atoms with E-state index in [2.05, 4.69) is 39.2 Å². The Morgan fingerprint density at radius 1 is 1.32 bits per heavy atom. The van der Waals surface area contributed by atoms with Crippen LogP contribution in [0.1, 0.15) is 49.8 Å². The molecule has 1 N–H and O–H groups in total. The van der Waals surface area contributed by atoms with Crippen molar-refractivity contribution in [3.05, 3.63) is 35.7 Å². The molecule has 0 radical (unpaired) electrons. The number of carbonyl (C=O) groups excluding carboxylic acids is 1. The number of nitriles is 1. The Kier molecular flexibility index (Phi) is 5.58. The predicted octanol–water partition coefficient (Wildman–Crippen LogP) is 2.65. The Labute approximate surface area is 185 Å². The van der Waals surface area contributed by atoms with Crippen molar-refractivity contribution < 1.29 is 4.79 Å². The summed E-state index contributed by atoms with van der Waals surface area (Å²) >= 11 is 0. The summed E-state index contributed by atoms with van der Waals surface area (Å²) in [6.45, 7) is 8.91. The van der Waals surface area contributed by atoms with Crippen LogP contribution in [0.5, 0.6) is 0 Å². The van der Waals surface area contributed by atoms with E-state index in [1.54, 1.807) is 6.20 Å². The molecular formula is C25H33N5O. The topological polar surface area (TPSA) is 72.3 Å². The highest BCUT2D eigenvalue weighted by molar-refractivity contribution is 5.79. The van der Waals surface area contributed by atoms with Gasteiger partial charge in [0.25, 0.3) is 0 Å². The van der Waals surface area contributed by atoms with Gasteiger partial charge in [-0.05, 0) is 73.6 Å². The zero-order valence-corrected chi connectivity index (χ0v) is 18.5. The number of fused-ring (bicyclic) bond motifs is 1. The summed E-state index contributed by atoms with van der Waals surface area (Å²) in [5.41, 5.74) is 3.23. The summed E-state index contributed by atoms with van der Waals surface area (Å²) in [5.74, 6) is 1.53. The molecule has 3 atom stereocenters. The van der Waals surface area contributed by atoms with Crippen LogP contribution >= 0.6 is 0 Å². The van der Waals surface area contributed by atoms with E-state index < -0.39 is 0 Å². The lowest BCUT2D eigenvalue weighted by Crippen LogP contribution is -2.59. The third-order valence-corrected chi connectivity index (χ3v) is 8.08. The first-order valence-electron chi connectivity index (χ1n) is 11.8. The number of carbonyl (C=O) groups is 1. The van der Waals surface area contributed by atoms with Gasteiger partial charge in [0, 0.05) is 32.4 Å². The zero-order chi connectivity index (χ0) is 21.4. The molecule has 1 aliphatic carbocycles. The smallest absolute Gasteiger partial charge is 0.236 e. The minimum Gasteiger partial charge on any atom is -0.341 e. The minimum absolute atomic E-state index is 0.287. The molecule has 1 unspecified atom stereocenters. The SMILES string of the molecule is C[C@@H]1C[C@H](C2CC=C(C#N)c3ncccc32)CN(C(=O)CN2CCC3(CC2)CNC3)C1. The molecule has 1 aromatic rings. The fourth-order valence-electron chi connectivity index (χ4n) is 6.16. The first-order valence-corrected chi connectivity index (χ1v) is 11.8. The summed E-state index contributed by atoms with van der Waals surface area (Å²) < 4.78 is 0. The Hall–Kier alpha value is -2.23. The number of allylic oxidation sites excluding steroid dienone is 2. The van der Waals surface area contributed by atoms with Crippen LogP contribution in [0, 0.1) is 28.6 Å². The maximum atomic E-state index is 13.2. The lowest BCUT2D eigenvalue weighted by molar-refractivity contribution is -0.136. The molecule has 6 heteroatoms. The number of pyridine rings is 1. The number of rotatable bonds is 3. The van der Waals surface area contributed by atoms with Crippen LogP contribution in [0.3, 0.4) is 0 Å². The van der Waals surface area contributed by atoms with Crippen LogP contribution < -0.4 is 5.32 Å². The minimum atomic E-state index is 0.287. The van der Waals surface area contributed by atoms with Crippen molar-refractivity contribution in [1.29, 1.82) is 5.26 Å². The van der Waals surface area contributed by atoms with E-state index in [1.807, 2.05) is 12.1 Å². The first kappa shape index (κ1) is 20.7. The third-order valence-electron chi connectivity index (χ3n) is 8.08. The molecule has 0 bridgehead atoms. The number of likely N-dealkylation sites (tertiary alicyclic amines) is 2. The average molecular weight is 420 g/mol. The monoisotopic (exact) mass is 419 g/mol. The molecule has 3 saturated heterocycles. The molecule has 0 aromatic carbocycles. The predicted molar refractivity (Wildman–Crippen MR) is 120 cm³/mol. The number of hydrogen-bond donors (Lipinski definition) is 1. The number of nitrogens with one attached hydrogen (secondary N) is 1. The Morgan fingerprint density at radius 3 is 2.84 bits per heavy atom. The van der Waals surface area contributed by atoms with Crippen molar-refractivity contribution in [3.8, 4) is 6.07 Å². The second kappa shape index (κ2) is 8.37. The first-order chi connectivity index (χ1) is 15.1. The molecule has 164 valence electrons. The maximum absolute atomic E-state index is 13.2. The molecule has 1 spiro atoms. The van der Waals surface area contributed by atoms with Gasteiger partial charge in [0.15, 0.2) is 0 Å². The van der Waals surface area contributed by atoms with Crippen molar-refractivity contribution in [3.63, 3.8) is 0 Å². The van der Waals surface area contributed by atoms with Crippen molar-refractivity contribution >= 4 is 11.5 Å². The Morgan fingerprint density at radius 2 is 2.13 bits per heavy atom. The van der Waals surface area contributed by atoms with Gasteiger partial charge in [-0.1, -0.05) is 19.1 Å². The molecule has 0 saturated carbocycles. The quantitative estimate of drug-likeness (QED) is 0.816. The molecule has 3 aliphatic heterocycles. The van der Waals surface area contributed by atoms with Gasteiger partial charge in [0.05, 0.1) is 17.8 Å². The summed E-state index contributed by atoms with van der Waals surface area (Å²) in [5, 5.41) is 12.9. The molecule has 6 nitrogen and oxygen atoms in total. The van der Waals surface area contributed by atoms with Crippen LogP contribution in [0.2, 0.25) is 0 Å². The number of nitrogens with zero attached hydrogens (tertiary/aromatic N) is 4. The lowest BCUT2D eigenvalue weighted by Gasteiger charge is -2.48. The number of amides is 1. The van der Waals surface area contributed by atoms with Gasteiger partial charge in [0.1, 0.15) is 6.07 Å². The fourth-order valence-corrected chi connectivity index (χ4v) is 6.16. The van der Waals surface area contributed by atoms with E-state index in [4.69, 9.17) is 0 Å². The highest BCUT2D eigenvalue weighted by Crippen LogP contribution is 2.42. The average Bonchev–Trinajstić information content (AvgIpc) is 2.77. The number of hydrogen-bond acceptors (Lipinski definition) is 5. The molecule has 4 aliphatic rings. The van der Waals surface area contributed by atoms with Gasteiger partial charge in [-0.2, -0.15) is 5.26 Å². The van der Waals surface area contributed by atoms with Gasteiger partial charge < -0.3 is 10.2 Å². The molecule has 4 heterocycles. The molecule has 5 rings (SSSR count). The second-order valence-electron chi connectivity index (χ2n) is 10.3.